The number of hydrogen-bond acceptors (Lipinski definition) is 9. The van der Waals surface area contributed by atoms with Crippen molar-refractivity contribution in [1.82, 2.24) is 31.5 Å². The number of hydrogen-bond donors (Lipinski definition) is 8. The molecule has 1 fully saturated rings. The van der Waals surface area contributed by atoms with Gasteiger partial charge in [-0.25, -0.2) is 4.79 Å². The van der Waals surface area contributed by atoms with Crippen molar-refractivity contribution in [3.63, 3.8) is 0 Å². The van der Waals surface area contributed by atoms with Gasteiger partial charge >= 0.3 is 5.97 Å². The fourth-order valence-electron chi connectivity index (χ4n) is 6.50. The van der Waals surface area contributed by atoms with E-state index in [1.54, 1.807) is 37.3 Å². The number of likely N-dealkylation sites (tertiary alicyclic amines) is 1. The van der Waals surface area contributed by atoms with E-state index < -0.39 is 96.4 Å². The summed E-state index contributed by atoms with van der Waals surface area (Å²) in [5.74, 6) is -6.87. The second kappa shape index (κ2) is 23.8. The van der Waals surface area contributed by atoms with E-state index in [9.17, 15) is 48.3 Å². The zero-order valence-electron chi connectivity index (χ0n) is 33.4. The average molecular weight is 821 g/mol. The van der Waals surface area contributed by atoms with Crippen LogP contribution in [0.2, 0.25) is 0 Å². The lowest BCUT2D eigenvalue weighted by molar-refractivity contribution is -0.143. The maximum atomic E-state index is 13.2. The van der Waals surface area contributed by atoms with E-state index >= 15 is 0 Å². The molecule has 1 saturated heterocycles. The summed E-state index contributed by atoms with van der Waals surface area (Å²) in [6.07, 6.45) is 1.46. The molecule has 320 valence electrons. The van der Waals surface area contributed by atoms with E-state index in [0.717, 1.165) is 5.56 Å². The minimum Gasteiger partial charge on any atom is -0.480 e. The maximum absolute atomic E-state index is 13.2. The second-order valence-electron chi connectivity index (χ2n) is 14.7. The molecule has 18 nitrogen and oxygen atoms in total. The van der Waals surface area contributed by atoms with Crippen molar-refractivity contribution in [3.05, 3.63) is 71.8 Å². The molecule has 0 aromatic heterocycles. The Morgan fingerprint density at radius 1 is 0.746 bits per heavy atom. The van der Waals surface area contributed by atoms with Crippen molar-refractivity contribution in [2.45, 2.75) is 108 Å². The van der Waals surface area contributed by atoms with Crippen molar-refractivity contribution < 1.29 is 48.3 Å². The largest absolute Gasteiger partial charge is 0.480 e. The van der Waals surface area contributed by atoms with Gasteiger partial charge in [-0.15, -0.1) is 0 Å². The van der Waals surface area contributed by atoms with E-state index in [-0.39, 0.29) is 38.1 Å². The van der Waals surface area contributed by atoms with Crippen molar-refractivity contribution >= 4 is 53.2 Å². The lowest BCUT2D eigenvalue weighted by Crippen LogP contribution is -2.57. The van der Waals surface area contributed by atoms with Crippen LogP contribution >= 0.6 is 0 Å². The topological polar surface area (TPSA) is 289 Å². The van der Waals surface area contributed by atoms with Crippen LogP contribution in [0.15, 0.2) is 60.7 Å². The van der Waals surface area contributed by atoms with Gasteiger partial charge in [0, 0.05) is 32.2 Å². The molecular weight excluding hydrogens is 764 g/mol. The molecule has 6 atom stereocenters. The van der Waals surface area contributed by atoms with E-state index in [1.165, 1.54) is 4.90 Å². The van der Waals surface area contributed by atoms with Gasteiger partial charge in [-0.3, -0.25) is 38.4 Å². The van der Waals surface area contributed by atoms with Crippen LogP contribution < -0.4 is 38.1 Å². The molecule has 2 aromatic carbocycles. The molecule has 1 aliphatic heterocycles. The number of primary amides is 2. The van der Waals surface area contributed by atoms with E-state index in [0.29, 0.717) is 37.7 Å². The first-order valence-electron chi connectivity index (χ1n) is 19.7. The normalized spacial score (nSPS) is 16.3. The Morgan fingerprint density at radius 2 is 1.31 bits per heavy atom. The minimum atomic E-state index is -1.51. The molecule has 0 radical (unpaired) electrons. The summed E-state index contributed by atoms with van der Waals surface area (Å²) in [6.45, 7) is 3.36. The molecule has 1 unspecified atom stereocenters. The Kier molecular flexibility index (Phi) is 19.0. The molecular formula is C41H56N8O10. The molecule has 10 N–H and O–H groups in total. The van der Waals surface area contributed by atoms with Crippen molar-refractivity contribution in [2.75, 3.05) is 13.1 Å². The lowest BCUT2D eigenvalue weighted by atomic mass is 9.97. The summed E-state index contributed by atoms with van der Waals surface area (Å²) in [4.78, 5) is 115. The standard InChI is InChI=1S/C41H56N8O10/c1-3-25(2)36(39(56)46-29(37(43)54)21-26-13-6-4-7-14-26)48-34(52)19-11-10-18-33(51)44-28-17-12-20-49(40(28)57)24-35(53)45-30(23-32(42)50)38(55)47-31(41(58)59)22-27-15-8-5-9-16-27/h4-9,13-16,25,28-31,36H,3,10-12,17-24H2,1-2H3,(H2,42,50)(H2,43,54)(H,44,51)(H,45,53)(H,46,56)(H,47,55)(H,48,52)(H,58,59)/t25-,28?,29-,30-,31-,36-/m0/s1. The van der Waals surface area contributed by atoms with Gasteiger partial charge in [0.1, 0.15) is 30.2 Å². The molecule has 0 spiro atoms. The number of piperidine rings is 1. The summed E-state index contributed by atoms with van der Waals surface area (Å²) in [6, 6.07) is 11.9. The number of amides is 8. The summed E-state index contributed by atoms with van der Waals surface area (Å²) in [7, 11) is 0. The molecule has 59 heavy (non-hydrogen) atoms. The van der Waals surface area contributed by atoms with Gasteiger partial charge in [0.05, 0.1) is 13.0 Å². The number of carbonyl (C=O) groups is 9. The second-order valence-corrected chi connectivity index (χ2v) is 14.7. The van der Waals surface area contributed by atoms with Crippen molar-refractivity contribution in [2.24, 2.45) is 17.4 Å². The quantitative estimate of drug-likeness (QED) is 0.0633. The van der Waals surface area contributed by atoms with Crippen LogP contribution in [0.25, 0.3) is 0 Å². The predicted molar refractivity (Wildman–Crippen MR) is 214 cm³/mol. The van der Waals surface area contributed by atoms with Crippen LogP contribution in [0.3, 0.4) is 0 Å². The third-order valence-electron chi connectivity index (χ3n) is 9.97. The highest BCUT2D eigenvalue weighted by Crippen LogP contribution is 2.14. The van der Waals surface area contributed by atoms with Crippen molar-refractivity contribution in [3.8, 4) is 0 Å². The average Bonchev–Trinajstić information content (AvgIpc) is 3.19. The number of aliphatic carboxylic acids is 1. The van der Waals surface area contributed by atoms with Gasteiger partial charge in [0.2, 0.25) is 47.3 Å². The van der Waals surface area contributed by atoms with Gasteiger partial charge in [0.15, 0.2) is 0 Å². The van der Waals surface area contributed by atoms with E-state index in [4.69, 9.17) is 11.5 Å². The van der Waals surface area contributed by atoms with Gasteiger partial charge in [-0.1, -0.05) is 80.9 Å². The molecule has 0 aliphatic carbocycles. The zero-order chi connectivity index (χ0) is 43.5. The number of nitrogens with zero attached hydrogens (tertiary/aromatic N) is 1. The van der Waals surface area contributed by atoms with Crippen LogP contribution in [0.5, 0.6) is 0 Å². The SMILES string of the molecule is CC[C@H](C)[C@H](NC(=O)CCCCC(=O)NC1CCCN(CC(=O)N[C@@H](CC(N)=O)C(=O)N[C@@H](Cc2ccccc2)C(=O)O)C1=O)C(=O)N[C@@H](Cc1ccccc1)C(N)=O. The highest BCUT2D eigenvalue weighted by atomic mass is 16.4. The number of carboxylic acid groups (broad SMARTS) is 1. The first-order chi connectivity index (χ1) is 28.1. The smallest absolute Gasteiger partial charge is 0.326 e. The summed E-state index contributed by atoms with van der Waals surface area (Å²) >= 11 is 0. The molecule has 0 bridgehead atoms. The Labute approximate surface area is 343 Å². The highest BCUT2D eigenvalue weighted by molar-refractivity contribution is 5.96. The molecule has 1 heterocycles. The Bertz CT molecular complexity index is 1790. The maximum Gasteiger partial charge on any atom is 0.326 e. The van der Waals surface area contributed by atoms with Gasteiger partial charge in [0.25, 0.3) is 0 Å². The first-order valence-corrected chi connectivity index (χ1v) is 19.7. The van der Waals surface area contributed by atoms with E-state index in [1.807, 2.05) is 37.3 Å². The first kappa shape index (κ1) is 47.0. The third-order valence-corrected chi connectivity index (χ3v) is 9.97. The molecule has 18 heteroatoms. The van der Waals surface area contributed by atoms with Crippen LogP contribution in [0.1, 0.15) is 76.3 Å². The number of nitrogens with two attached hydrogens (primary N) is 2. The van der Waals surface area contributed by atoms with Gasteiger partial charge in [-0.2, -0.15) is 0 Å². The number of rotatable bonds is 24. The van der Waals surface area contributed by atoms with E-state index in [2.05, 4.69) is 26.6 Å². The lowest BCUT2D eigenvalue weighted by Gasteiger charge is -2.32. The molecule has 2 aromatic rings. The fourth-order valence-corrected chi connectivity index (χ4v) is 6.50. The number of carboxylic acids is 1. The summed E-state index contributed by atoms with van der Waals surface area (Å²) < 4.78 is 0. The van der Waals surface area contributed by atoms with Crippen LogP contribution in [0, 0.1) is 5.92 Å². The Morgan fingerprint density at radius 3 is 1.85 bits per heavy atom. The number of unbranched alkanes of at least 4 members (excludes halogenated alkanes) is 1. The number of carbonyl (C=O) groups excluding carboxylic acids is 8. The molecule has 1 aliphatic rings. The van der Waals surface area contributed by atoms with Gasteiger partial charge < -0.3 is 48.1 Å². The van der Waals surface area contributed by atoms with Crippen molar-refractivity contribution in [1.29, 1.82) is 0 Å². The van der Waals surface area contributed by atoms with Crippen LogP contribution in [-0.4, -0.2) is 107 Å². The predicted octanol–water partition coefficient (Wildman–Crippen LogP) is -0.430. The molecule has 0 saturated carbocycles. The molecule has 8 amide bonds. The monoisotopic (exact) mass is 820 g/mol. The van der Waals surface area contributed by atoms with Gasteiger partial charge in [-0.05, 0) is 42.7 Å². The zero-order valence-corrected chi connectivity index (χ0v) is 33.4. The molecule has 3 rings (SSSR count). The third kappa shape index (κ3) is 16.2. The fraction of sp³-hybridized carbons (Fsp3) is 0.488. The highest BCUT2D eigenvalue weighted by Gasteiger charge is 2.33. The summed E-state index contributed by atoms with van der Waals surface area (Å²) in [5, 5.41) is 22.5. The number of nitrogens with one attached hydrogen (secondary N) is 5. The summed E-state index contributed by atoms with van der Waals surface area (Å²) in [5.41, 5.74) is 12.3. The Balaban J connectivity index is 1.46. The van der Waals surface area contributed by atoms with Crippen LogP contribution in [0.4, 0.5) is 0 Å². The number of benzene rings is 2. The Hall–Kier alpha value is -6.33. The minimum absolute atomic E-state index is 0.00187. The van der Waals surface area contributed by atoms with Crippen LogP contribution in [-0.2, 0) is 56.0 Å².